The fourth-order valence-corrected chi connectivity index (χ4v) is 5.29. The number of methoxy groups -OCH3 is 1. The molecule has 1 amide bonds. The molecule has 3 aromatic rings. The number of anilines is 1. The summed E-state index contributed by atoms with van der Waals surface area (Å²) in [6, 6.07) is 10.7. The van der Waals surface area contributed by atoms with Gasteiger partial charge in [-0.15, -0.1) is 0 Å². The molecule has 1 aliphatic heterocycles. The molecule has 1 aromatic heterocycles. The quantitative estimate of drug-likeness (QED) is 0.117. The highest BCUT2D eigenvalue weighted by atomic mass is 32.1. The van der Waals surface area contributed by atoms with Crippen LogP contribution >= 0.6 is 11.3 Å². The average molecular weight is 561 g/mol. The van der Waals surface area contributed by atoms with Crippen molar-refractivity contribution in [1.29, 1.82) is 0 Å². The lowest BCUT2D eigenvalue weighted by molar-refractivity contribution is -0.132. The molecule has 4 rings (SSSR count). The second-order valence-electron chi connectivity index (χ2n) is 8.82. The summed E-state index contributed by atoms with van der Waals surface area (Å²) in [6.07, 6.45) is 3.23. The number of hydrogen-bond donors (Lipinski definition) is 1. The predicted molar refractivity (Wildman–Crippen MR) is 152 cm³/mol. The van der Waals surface area contributed by atoms with Gasteiger partial charge in [-0.3, -0.25) is 14.5 Å². The minimum absolute atomic E-state index is 0.114. The van der Waals surface area contributed by atoms with Gasteiger partial charge in [0.15, 0.2) is 5.13 Å². The first-order valence-electron chi connectivity index (χ1n) is 12.3. The SMILES string of the molecule is C=CCOc1ccc([C@@H]2C(=C(O)c3ccc(OCC=C)c(C)c3)C(=O)C(=O)N2c2nc(C)c(C(=O)OC)s2)cc1. The van der Waals surface area contributed by atoms with Gasteiger partial charge in [-0.05, 0) is 55.3 Å². The number of amides is 1. The molecule has 1 N–H and O–H groups in total. The highest BCUT2D eigenvalue weighted by molar-refractivity contribution is 7.17. The molecule has 9 nitrogen and oxygen atoms in total. The summed E-state index contributed by atoms with van der Waals surface area (Å²) in [5, 5.41) is 11.6. The third kappa shape index (κ3) is 5.39. The third-order valence-corrected chi connectivity index (χ3v) is 7.31. The fourth-order valence-electron chi connectivity index (χ4n) is 4.28. The number of ether oxygens (including phenoxy) is 3. The number of rotatable bonds is 10. The number of carbonyl (C=O) groups excluding carboxylic acids is 3. The van der Waals surface area contributed by atoms with Crippen LogP contribution < -0.4 is 14.4 Å². The minimum Gasteiger partial charge on any atom is -0.507 e. The van der Waals surface area contributed by atoms with E-state index in [1.165, 1.54) is 12.0 Å². The van der Waals surface area contributed by atoms with Gasteiger partial charge < -0.3 is 19.3 Å². The van der Waals surface area contributed by atoms with Crippen LogP contribution in [0.25, 0.3) is 5.76 Å². The Kier molecular flexibility index (Phi) is 8.49. The van der Waals surface area contributed by atoms with Crippen molar-refractivity contribution in [3.8, 4) is 11.5 Å². The van der Waals surface area contributed by atoms with Gasteiger partial charge in [-0.1, -0.05) is 48.8 Å². The van der Waals surface area contributed by atoms with Gasteiger partial charge in [-0.2, -0.15) is 0 Å². The van der Waals surface area contributed by atoms with E-state index in [9.17, 15) is 19.5 Å². The number of benzene rings is 2. The first kappa shape index (κ1) is 28.3. The summed E-state index contributed by atoms with van der Waals surface area (Å²) in [4.78, 5) is 45.0. The maximum absolute atomic E-state index is 13.5. The van der Waals surface area contributed by atoms with Gasteiger partial charge in [-0.25, -0.2) is 9.78 Å². The zero-order valence-electron chi connectivity index (χ0n) is 22.3. The Balaban J connectivity index is 1.87. The van der Waals surface area contributed by atoms with Crippen LogP contribution in [0.5, 0.6) is 11.5 Å². The Morgan fingerprint density at radius 1 is 1.07 bits per heavy atom. The van der Waals surface area contributed by atoms with E-state index in [4.69, 9.17) is 14.2 Å². The number of ketones is 1. The molecule has 1 aliphatic rings. The number of Topliss-reactive ketones (excluding diaryl/α,β-unsaturated/α-hetero) is 1. The summed E-state index contributed by atoms with van der Waals surface area (Å²) >= 11 is 0.932. The van der Waals surface area contributed by atoms with Crippen molar-refractivity contribution in [2.45, 2.75) is 19.9 Å². The molecule has 1 saturated heterocycles. The molecular weight excluding hydrogens is 532 g/mol. The summed E-state index contributed by atoms with van der Waals surface area (Å²) in [6.45, 7) is 11.3. The molecule has 10 heteroatoms. The van der Waals surface area contributed by atoms with Crippen molar-refractivity contribution in [2.24, 2.45) is 0 Å². The molecule has 40 heavy (non-hydrogen) atoms. The summed E-state index contributed by atoms with van der Waals surface area (Å²) in [7, 11) is 1.25. The van der Waals surface area contributed by atoms with Crippen LogP contribution in [0.15, 0.2) is 73.3 Å². The van der Waals surface area contributed by atoms with Gasteiger partial charge in [0.2, 0.25) is 0 Å². The van der Waals surface area contributed by atoms with Gasteiger partial charge >= 0.3 is 11.9 Å². The van der Waals surface area contributed by atoms with E-state index < -0.39 is 23.7 Å². The Bertz CT molecular complexity index is 1520. The first-order chi connectivity index (χ1) is 19.2. The van der Waals surface area contributed by atoms with Crippen LogP contribution in [0, 0.1) is 13.8 Å². The molecule has 2 aromatic carbocycles. The maximum atomic E-state index is 13.5. The number of aliphatic hydroxyl groups excluding tert-OH is 1. The number of hydrogen-bond acceptors (Lipinski definition) is 9. The van der Waals surface area contributed by atoms with Crippen molar-refractivity contribution in [3.05, 3.63) is 101 Å². The number of thiazole rings is 1. The Morgan fingerprint density at radius 3 is 2.38 bits per heavy atom. The van der Waals surface area contributed by atoms with Gasteiger partial charge in [0, 0.05) is 5.56 Å². The first-order valence-corrected chi connectivity index (χ1v) is 13.1. The molecule has 1 atom stereocenters. The third-order valence-electron chi connectivity index (χ3n) is 6.18. The largest absolute Gasteiger partial charge is 0.507 e. The number of esters is 1. The van der Waals surface area contributed by atoms with Crippen LogP contribution in [-0.2, 0) is 14.3 Å². The summed E-state index contributed by atoms with van der Waals surface area (Å²) < 4.78 is 16.0. The number of aromatic nitrogens is 1. The standard InChI is InChI=1S/C30H28N2O7S/c1-6-14-38-21-11-8-19(9-12-21)24-23(25(33)20-10-13-22(17(3)16-20)39-15-7-2)26(34)28(35)32(24)30-31-18(4)27(40-30)29(36)37-5/h6-13,16,24,33H,1-2,14-15H2,3-5H3/t24-/m1/s1. The van der Waals surface area contributed by atoms with Crippen molar-refractivity contribution < 1.29 is 33.7 Å². The average Bonchev–Trinajstić information content (AvgIpc) is 3.46. The van der Waals surface area contributed by atoms with Crippen LogP contribution in [-0.4, -0.2) is 48.1 Å². The molecule has 0 bridgehead atoms. The van der Waals surface area contributed by atoms with E-state index in [2.05, 4.69) is 18.1 Å². The molecule has 0 aliphatic carbocycles. The van der Waals surface area contributed by atoms with E-state index in [0.717, 1.165) is 16.9 Å². The fraction of sp³-hybridized carbons (Fsp3) is 0.200. The molecule has 1 fully saturated rings. The van der Waals surface area contributed by atoms with Crippen molar-refractivity contribution >= 4 is 39.9 Å². The normalized spacial score (nSPS) is 16.1. The molecule has 0 spiro atoms. The van der Waals surface area contributed by atoms with Crippen LogP contribution in [0.1, 0.15) is 38.1 Å². The van der Waals surface area contributed by atoms with E-state index in [1.807, 2.05) is 0 Å². The van der Waals surface area contributed by atoms with E-state index in [1.54, 1.807) is 68.5 Å². The van der Waals surface area contributed by atoms with E-state index in [0.29, 0.717) is 41.5 Å². The van der Waals surface area contributed by atoms with Crippen molar-refractivity contribution in [2.75, 3.05) is 25.2 Å². The predicted octanol–water partition coefficient (Wildman–Crippen LogP) is 5.30. The molecule has 0 unspecified atom stereocenters. The number of carbonyl (C=O) groups is 3. The smallest absolute Gasteiger partial charge is 0.350 e. The minimum atomic E-state index is -1.03. The highest BCUT2D eigenvalue weighted by Gasteiger charge is 2.48. The highest BCUT2D eigenvalue weighted by Crippen LogP contribution is 2.44. The lowest BCUT2D eigenvalue weighted by atomic mass is 9.95. The Labute approximate surface area is 235 Å². The molecule has 0 saturated carbocycles. The molecule has 206 valence electrons. The lowest BCUT2D eigenvalue weighted by Crippen LogP contribution is -2.29. The van der Waals surface area contributed by atoms with Crippen molar-refractivity contribution in [1.82, 2.24) is 4.98 Å². The monoisotopic (exact) mass is 560 g/mol. The second-order valence-corrected chi connectivity index (χ2v) is 9.80. The molecular formula is C30H28N2O7S. The summed E-state index contributed by atoms with van der Waals surface area (Å²) in [5.74, 6) is -1.57. The van der Waals surface area contributed by atoms with Crippen LogP contribution in [0.4, 0.5) is 5.13 Å². The zero-order valence-corrected chi connectivity index (χ0v) is 23.1. The van der Waals surface area contributed by atoms with E-state index >= 15 is 0 Å². The van der Waals surface area contributed by atoms with Crippen LogP contribution in [0.2, 0.25) is 0 Å². The van der Waals surface area contributed by atoms with E-state index in [-0.39, 0.29) is 21.3 Å². The topological polar surface area (TPSA) is 115 Å². The van der Waals surface area contributed by atoms with Gasteiger partial charge in [0.1, 0.15) is 35.3 Å². The summed E-state index contributed by atoms with van der Waals surface area (Å²) in [5.41, 5.74) is 1.83. The lowest BCUT2D eigenvalue weighted by Gasteiger charge is -2.23. The molecule has 2 heterocycles. The number of nitrogens with zero attached hydrogens (tertiary/aromatic N) is 2. The van der Waals surface area contributed by atoms with Crippen molar-refractivity contribution in [3.63, 3.8) is 0 Å². The molecule has 0 radical (unpaired) electrons. The number of aryl methyl sites for hydroxylation is 2. The maximum Gasteiger partial charge on any atom is 0.350 e. The Hall–Kier alpha value is -4.70. The second kappa shape index (κ2) is 12.0. The van der Waals surface area contributed by atoms with Crippen LogP contribution in [0.3, 0.4) is 0 Å². The zero-order chi connectivity index (χ0) is 29.0. The number of aliphatic hydroxyl groups is 1. The van der Waals surface area contributed by atoms with Gasteiger partial charge in [0.05, 0.1) is 24.4 Å². The van der Waals surface area contributed by atoms with Gasteiger partial charge in [0.25, 0.3) is 5.78 Å². The Morgan fingerprint density at radius 2 is 1.75 bits per heavy atom.